The van der Waals surface area contributed by atoms with E-state index < -0.39 is 4.92 Å². The normalized spacial score (nSPS) is 14.6. The van der Waals surface area contributed by atoms with Crippen molar-refractivity contribution in [2.45, 2.75) is 0 Å². The summed E-state index contributed by atoms with van der Waals surface area (Å²) in [4.78, 5) is 15.1. The number of ether oxygens (including phenoxy) is 1. The van der Waals surface area contributed by atoms with Gasteiger partial charge in [-0.15, -0.1) is 0 Å². The number of hydrogen-bond donors (Lipinski definition) is 0. The van der Waals surface area contributed by atoms with E-state index in [4.69, 9.17) is 21.6 Å². The van der Waals surface area contributed by atoms with Crippen LogP contribution in [0.15, 0.2) is 42.5 Å². The van der Waals surface area contributed by atoms with Crippen molar-refractivity contribution in [3.8, 4) is 11.8 Å². The third kappa shape index (κ3) is 4.67. The SMILES string of the molecule is N#Cc1ccc(N2CCN(CCOc3ccccc3Cl)CC2)c([N+](=O)[O-])c1. The summed E-state index contributed by atoms with van der Waals surface area (Å²) in [5.74, 6) is 0.672. The third-order valence-electron chi connectivity index (χ3n) is 4.52. The van der Waals surface area contributed by atoms with Crippen LogP contribution in [-0.2, 0) is 0 Å². The van der Waals surface area contributed by atoms with Gasteiger partial charge in [-0.3, -0.25) is 15.0 Å². The van der Waals surface area contributed by atoms with Gasteiger partial charge in [-0.25, -0.2) is 0 Å². The first-order valence-corrected chi connectivity index (χ1v) is 8.99. The summed E-state index contributed by atoms with van der Waals surface area (Å²) in [6, 6.07) is 13.9. The molecule has 0 unspecified atom stereocenters. The second-order valence-electron chi connectivity index (χ2n) is 6.18. The number of nitriles is 1. The van der Waals surface area contributed by atoms with Crippen molar-refractivity contribution < 1.29 is 9.66 Å². The Hall–Kier alpha value is -2.82. The highest BCUT2D eigenvalue weighted by atomic mass is 35.5. The highest BCUT2D eigenvalue weighted by Gasteiger charge is 2.24. The Kier molecular flexibility index (Phi) is 6.12. The Morgan fingerprint density at radius 3 is 2.59 bits per heavy atom. The maximum Gasteiger partial charge on any atom is 0.293 e. The van der Waals surface area contributed by atoms with Crippen LogP contribution in [0.25, 0.3) is 0 Å². The molecule has 27 heavy (non-hydrogen) atoms. The summed E-state index contributed by atoms with van der Waals surface area (Å²) >= 11 is 6.07. The minimum atomic E-state index is -0.431. The Labute approximate surface area is 162 Å². The van der Waals surface area contributed by atoms with E-state index in [-0.39, 0.29) is 5.69 Å². The molecule has 1 aliphatic rings. The molecule has 2 aromatic carbocycles. The summed E-state index contributed by atoms with van der Waals surface area (Å²) in [7, 11) is 0. The predicted octanol–water partition coefficient (Wildman–Crippen LogP) is 3.32. The average molecular weight is 387 g/mol. The van der Waals surface area contributed by atoms with Crippen LogP contribution < -0.4 is 9.64 Å². The van der Waals surface area contributed by atoms with E-state index in [0.29, 0.717) is 41.7 Å². The fourth-order valence-electron chi connectivity index (χ4n) is 3.07. The topological polar surface area (TPSA) is 82.6 Å². The number of hydrogen-bond acceptors (Lipinski definition) is 6. The van der Waals surface area contributed by atoms with Crippen molar-refractivity contribution in [1.82, 2.24) is 4.90 Å². The molecule has 1 aliphatic heterocycles. The number of rotatable bonds is 6. The first-order valence-electron chi connectivity index (χ1n) is 8.61. The van der Waals surface area contributed by atoms with Crippen LogP contribution >= 0.6 is 11.6 Å². The number of halogens is 1. The number of nitro benzene ring substituents is 1. The molecule has 0 N–H and O–H groups in total. The van der Waals surface area contributed by atoms with E-state index in [1.54, 1.807) is 18.2 Å². The van der Waals surface area contributed by atoms with Crippen LogP contribution in [0.1, 0.15) is 5.56 Å². The lowest BCUT2D eigenvalue weighted by Crippen LogP contribution is -2.47. The summed E-state index contributed by atoms with van der Waals surface area (Å²) < 4.78 is 5.72. The number of para-hydroxylation sites is 1. The highest BCUT2D eigenvalue weighted by Crippen LogP contribution is 2.30. The molecule has 2 aromatic rings. The number of piperazine rings is 1. The molecule has 0 bridgehead atoms. The standard InChI is InChI=1S/C19H19ClN4O3/c20-16-3-1-2-4-19(16)27-12-11-22-7-9-23(10-8-22)17-6-5-15(14-21)13-18(17)24(25)26/h1-6,13H,7-12H2. The minimum absolute atomic E-state index is 0.0236. The molecule has 0 radical (unpaired) electrons. The molecule has 0 spiro atoms. The van der Waals surface area contributed by atoms with Gasteiger partial charge in [-0.05, 0) is 24.3 Å². The van der Waals surface area contributed by atoms with Crippen LogP contribution in [0.5, 0.6) is 5.75 Å². The monoisotopic (exact) mass is 386 g/mol. The predicted molar refractivity (Wildman–Crippen MR) is 103 cm³/mol. The zero-order valence-electron chi connectivity index (χ0n) is 14.7. The molecule has 0 saturated carbocycles. The van der Waals surface area contributed by atoms with Gasteiger partial charge < -0.3 is 9.64 Å². The van der Waals surface area contributed by atoms with Gasteiger partial charge in [0, 0.05) is 38.8 Å². The van der Waals surface area contributed by atoms with E-state index in [0.717, 1.165) is 19.6 Å². The van der Waals surface area contributed by atoms with Gasteiger partial charge >= 0.3 is 0 Å². The van der Waals surface area contributed by atoms with Crippen LogP contribution in [0.2, 0.25) is 5.02 Å². The van der Waals surface area contributed by atoms with E-state index in [9.17, 15) is 10.1 Å². The van der Waals surface area contributed by atoms with Crippen LogP contribution in [0.3, 0.4) is 0 Å². The van der Waals surface area contributed by atoms with Gasteiger partial charge in [0.1, 0.15) is 18.0 Å². The second kappa shape index (κ2) is 8.71. The fraction of sp³-hybridized carbons (Fsp3) is 0.316. The largest absolute Gasteiger partial charge is 0.491 e. The number of benzene rings is 2. The Morgan fingerprint density at radius 1 is 1.19 bits per heavy atom. The Bertz CT molecular complexity index is 860. The lowest BCUT2D eigenvalue weighted by molar-refractivity contribution is -0.384. The number of nitro groups is 1. The molecule has 1 heterocycles. The molecular formula is C19H19ClN4O3. The Balaban J connectivity index is 1.54. The van der Waals surface area contributed by atoms with E-state index >= 15 is 0 Å². The lowest BCUT2D eigenvalue weighted by atomic mass is 10.1. The molecule has 0 amide bonds. The van der Waals surface area contributed by atoms with Crippen molar-refractivity contribution in [2.24, 2.45) is 0 Å². The molecule has 140 valence electrons. The van der Waals surface area contributed by atoms with Gasteiger partial charge in [0.05, 0.1) is 21.6 Å². The van der Waals surface area contributed by atoms with Gasteiger partial charge in [0.25, 0.3) is 5.69 Å². The van der Waals surface area contributed by atoms with Gasteiger partial charge in [-0.2, -0.15) is 5.26 Å². The van der Waals surface area contributed by atoms with Gasteiger partial charge in [0.2, 0.25) is 0 Å². The Morgan fingerprint density at radius 2 is 1.93 bits per heavy atom. The average Bonchev–Trinajstić information content (AvgIpc) is 2.69. The molecule has 8 heteroatoms. The minimum Gasteiger partial charge on any atom is -0.491 e. The van der Waals surface area contributed by atoms with Gasteiger partial charge in [-0.1, -0.05) is 23.7 Å². The highest BCUT2D eigenvalue weighted by molar-refractivity contribution is 6.32. The molecule has 3 rings (SSSR count). The first kappa shape index (κ1) is 19.0. The summed E-state index contributed by atoms with van der Waals surface area (Å²) in [5, 5.41) is 20.9. The summed E-state index contributed by atoms with van der Waals surface area (Å²) in [6.07, 6.45) is 0. The molecular weight excluding hydrogens is 368 g/mol. The summed E-state index contributed by atoms with van der Waals surface area (Å²) in [5.41, 5.74) is 0.830. The number of anilines is 1. The quantitative estimate of drug-likeness (QED) is 0.559. The van der Waals surface area contributed by atoms with Gasteiger partial charge in [0.15, 0.2) is 0 Å². The zero-order chi connectivity index (χ0) is 19.2. The first-order chi connectivity index (χ1) is 13.1. The molecule has 1 saturated heterocycles. The third-order valence-corrected chi connectivity index (χ3v) is 4.83. The molecule has 0 atom stereocenters. The lowest BCUT2D eigenvalue weighted by Gasteiger charge is -2.35. The zero-order valence-corrected chi connectivity index (χ0v) is 15.4. The van der Waals surface area contributed by atoms with Crippen molar-refractivity contribution in [3.63, 3.8) is 0 Å². The van der Waals surface area contributed by atoms with E-state index in [1.165, 1.54) is 6.07 Å². The smallest absolute Gasteiger partial charge is 0.293 e. The summed E-state index contributed by atoms with van der Waals surface area (Å²) in [6.45, 7) is 4.21. The van der Waals surface area contributed by atoms with Crippen LogP contribution in [-0.4, -0.2) is 49.2 Å². The van der Waals surface area contributed by atoms with Crippen molar-refractivity contribution in [1.29, 1.82) is 5.26 Å². The van der Waals surface area contributed by atoms with Crippen molar-refractivity contribution in [3.05, 3.63) is 63.2 Å². The van der Waals surface area contributed by atoms with E-state index in [1.807, 2.05) is 29.2 Å². The molecule has 7 nitrogen and oxygen atoms in total. The molecule has 1 fully saturated rings. The molecule has 0 aromatic heterocycles. The van der Waals surface area contributed by atoms with Crippen LogP contribution in [0.4, 0.5) is 11.4 Å². The van der Waals surface area contributed by atoms with Crippen LogP contribution in [0, 0.1) is 21.4 Å². The van der Waals surface area contributed by atoms with E-state index in [2.05, 4.69) is 4.90 Å². The molecule has 0 aliphatic carbocycles. The number of nitrogens with zero attached hydrogens (tertiary/aromatic N) is 4. The fourth-order valence-corrected chi connectivity index (χ4v) is 3.26. The maximum atomic E-state index is 11.3. The second-order valence-corrected chi connectivity index (χ2v) is 6.59. The van der Waals surface area contributed by atoms with Crippen molar-refractivity contribution in [2.75, 3.05) is 44.2 Å². The van der Waals surface area contributed by atoms with Crippen molar-refractivity contribution >= 4 is 23.0 Å². The maximum absolute atomic E-state index is 11.3.